The smallest absolute Gasteiger partial charge is 0.361 e. The average Bonchev–Trinajstić information content (AvgIpc) is 3.32. The molecule has 3 heterocycles. The molecular weight excluding hydrogens is 435 g/mol. The largest absolute Gasteiger partial charge is 0.416 e. The van der Waals surface area contributed by atoms with Gasteiger partial charge in [-0.05, 0) is 25.1 Å². The van der Waals surface area contributed by atoms with Gasteiger partial charge in [0, 0.05) is 29.6 Å². The van der Waals surface area contributed by atoms with Gasteiger partial charge in [0.15, 0.2) is 10.8 Å². The lowest BCUT2D eigenvalue weighted by molar-refractivity contribution is -0.137. The van der Waals surface area contributed by atoms with Gasteiger partial charge in [-0.25, -0.2) is 9.78 Å². The maximum Gasteiger partial charge on any atom is 0.416 e. The van der Waals surface area contributed by atoms with Gasteiger partial charge in [0.1, 0.15) is 5.76 Å². The number of fused-ring (bicyclic) bond motifs is 1. The number of thiazole rings is 1. The minimum absolute atomic E-state index is 0.0609. The Balaban J connectivity index is 1.41. The van der Waals surface area contributed by atoms with Gasteiger partial charge in [-0.1, -0.05) is 22.6 Å². The number of hydrogen-bond donors (Lipinski definition) is 2. The van der Waals surface area contributed by atoms with Crippen molar-refractivity contribution in [3.63, 3.8) is 0 Å². The molecule has 2 N–H and O–H groups in total. The Morgan fingerprint density at radius 3 is 2.74 bits per heavy atom. The molecule has 1 aliphatic heterocycles. The number of anilines is 2. The molecule has 3 aromatic rings. The van der Waals surface area contributed by atoms with E-state index in [4.69, 9.17) is 4.52 Å². The van der Waals surface area contributed by atoms with Gasteiger partial charge in [0.05, 0.1) is 17.8 Å². The van der Waals surface area contributed by atoms with Crippen molar-refractivity contribution in [2.24, 2.45) is 0 Å². The van der Waals surface area contributed by atoms with Gasteiger partial charge in [0.2, 0.25) is 0 Å². The molecule has 4 rings (SSSR count). The van der Waals surface area contributed by atoms with Crippen LogP contribution >= 0.6 is 11.3 Å². The highest BCUT2D eigenvalue weighted by molar-refractivity contribution is 7.15. The van der Waals surface area contributed by atoms with E-state index in [0.29, 0.717) is 23.9 Å². The first-order valence-corrected chi connectivity index (χ1v) is 9.97. The molecule has 0 saturated heterocycles. The molecule has 1 aromatic carbocycles. The molecule has 0 spiro atoms. The molecule has 1 aliphatic rings. The number of amides is 3. The summed E-state index contributed by atoms with van der Waals surface area (Å²) in [7, 11) is 0. The number of halogens is 3. The zero-order valence-corrected chi connectivity index (χ0v) is 16.9. The van der Waals surface area contributed by atoms with Gasteiger partial charge >= 0.3 is 12.2 Å². The van der Waals surface area contributed by atoms with Crippen molar-refractivity contribution in [2.75, 3.05) is 17.2 Å². The fraction of sp³-hybridized carbons (Fsp3) is 0.263. The summed E-state index contributed by atoms with van der Waals surface area (Å²) in [5.74, 6) is 0.0492. The molecule has 0 atom stereocenters. The van der Waals surface area contributed by atoms with Gasteiger partial charge in [-0.3, -0.25) is 10.1 Å². The van der Waals surface area contributed by atoms with Crippen molar-refractivity contribution < 1.29 is 27.3 Å². The van der Waals surface area contributed by atoms with E-state index in [1.807, 2.05) is 0 Å². The van der Waals surface area contributed by atoms with Crippen LogP contribution in [0.5, 0.6) is 0 Å². The normalized spacial score (nSPS) is 13.6. The minimum Gasteiger partial charge on any atom is -0.361 e. The molecule has 162 valence electrons. The van der Waals surface area contributed by atoms with Gasteiger partial charge < -0.3 is 14.7 Å². The zero-order chi connectivity index (χ0) is 22.2. The number of rotatable bonds is 3. The van der Waals surface area contributed by atoms with Crippen molar-refractivity contribution >= 4 is 34.1 Å². The van der Waals surface area contributed by atoms with Crippen LogP contribution in [0.2, 0.25) is 0 Å². The van der Waals surface area contributed by atoms with E-state index in [1.165, 1.54) is 34.4 Å². The molecule has 0 aliphatic carbocycles. The molecule has 8 nitrogen and oxygen atoms in total. The standard InChI is InChI=1S/C19H16F3N5O3S/c1-10-7-14(26-30-10)16(28)25-17-24-13-5-6-27(9-15(13)31-17)18(29)23-12-4-2-3-11(8-12)19(20,21)22/h2-4,7-8H,5-6,9H2,1H3,(H,23,29)(H,24,25,28). The Hall–Kier alpha value is -3.41. The summed E-state index contributed by atoms with van der Waals surface area (Å²) in [6, 6.07) is 5.45. The molecule has 0 fully saturated rings. The van der Waals surface area contributed by atoms with Crippen LogP contribution in [0.3, 0.4) is 0 Å². The predicted octanol–water partition coefficient (Wildman–Crippen LogP) is 4.30. The second-order valence-corrected chi connectivity index (χ2v) is 7.93. The van der Waals surface area contributed by atoms with E-state index >= 15 is 0 Å². The SMILES string of the molecule is Cc1cc(C(=O)Nc2nc3c(s2)CN(C(=O)Nc2cccc(C(F)(F)F)c2)CC3)no1. The molecule has 2 aromatic heterocycles. The quantitative estimate of drug-likeness (QED) is 0.619. The Morgan fingerprint density at radius 1 is 1.23 bits per heavy atom. The second-order valence-electron chi connectivity index (χ2n) is 6.85. The number of carbonyl (C=O) groups is 2. The number of urea groups is 1. The highest BCUT2D eigenvalue weighted by atomic mass is 32.1. The van der Waals surface area contributed by atoms with Crippen molar-refractivity contribution in [1.82, 2.24) is 15.0 Å². The summed E-state index contributed by atoms with van der Waals surface area (Å²) < 4.78 is 43.5. The lowest BCUT2D eigenvalue weighted by Crippen LogP contribution is -2.38. The van der Waals surface area contributed by atoms with Crippen LogP contribution in [0, 0.1) is 6.92 Å². The monoisotopic (exact) mass is 451 g/mol. The van der Waals surface area contributed by atoms with Crippen LogP contribution < -0.4 is 10.6 Å². The number of aryl methyl sites for hydroxylation is 1. The summed E-state index contributed by atoms with van der Waals surface area (Å²) in [5.41, 5.74) is 0.120. The Morgan fingerprint density at radius 2 is 2.03 bits per heavy atom. The van der Waals surface area contributed by atoms with Crippen LogP contribution in [0.15, 0.2) is 34.9 Å². The number of benzene rings is 1. The van der Waals surface area contributed by atoms with Crippen molar-refractivity contribution in [3.8, 4) is 0 Å². The third-order valence-corrected chi connectivity index (χ3v) is 5.54. The van der Waals surface area contributed by atoms with Crippen LogP contribution in [0.1, 0.15) is 32.4 Å². The van der Waals surface area contributed by atoms with Gasteiger partial charge in [-0.15, -0.1) is 0 Å². The Bertz CT molecular complexity index is 1140. The van der Waals surface area contributed by atoms with E-state index < -0.39 is 23.7 Å². The van der Waals surface area contributed by atoms with Crippen LogP contribution in [0.4, 0.5) is 28.8 Å². The highest BCUT2D eigenvalue weighted by Crippen LogP contribution is 2.31. The lowest BCUT2D eigenvalue weighted by atomic mass is 10.2. The molecule has 31 heavy (non-hydrogen) atoms. The predicted molar refractivity (Wildman–Crippen MR) is 106 cm³/mol. The third kappa shape index (κ3) is 4.68. The first-order chi connectivity index (χ1) is 14.7. The first-order valence-electron chi connectivity index (χ1n) is 9.15. The molecule has 12 heteroatoms. The number of nitrogens with one attached hydrogen (secondary N) is 2. The lowest BCUT2D eigenvalue weighted by Gasteiger charge is -2.26. The van der Waals surface area contributed by atoms with Crippen molar-refractivity contribution in [1.29, 1.82) is 0 Å². The summed E-state index contributed by atoms with van der Waals surface area (Å²) in [6.07, 6.45) is -4.03. The first kappa shape index (κ1) is 20.8. The number of carbonyl (C=O) groups excluding carboxylic acids is 2. The Kier molecular flexibility index (Phi) is 5.39. The average molecular weight is 451 g/mol. The van der Waals surface area contributed by atoms with E-state index in [9.17, 15) is 22.8 Å². The second kappa shape index (κ2) is 8.02. The van der Waals surface area contributed by atoms with E-state index in [2.05, 4.69) is 20.8 Å². The maximum atomic E-state index is 12.9. The van der Waals surface area contributed by atoms with Crippen LogP contribution in [0.25, 0.3) is 0 Å². The highest BCUT2D eigenvalue weighted by Gasteiger charge is 2.31. The summed E-state index contributed by atoms with van der Waals surface area (Å²) in [6.45, 7) is 2.25. The van der Waals surface area contributed by atoms with Crippen molar-refractivity contribution in [3.05, 3.63) is 57.9 Å². The van der Waals surface area contributed by atoms with Gasteiger partial charge in [0.25, 0.3) is 5.91 Å². The molecule has 3 amide bonds. The number of nitrogens with zero attached hydrogens (tertiary/aromatic N) is 3. The fourth-order valence-electron chi connectivity index (χ4n) is 3.03. The number of aromatic nitrogens is 2. The summed E-state index contributed by atoms with van der Waals surface area (Å²) >= 11 is 1.23. The Labute approximate surface area is 178 Å². The molecule has 0 radical (unpaired) electrons. The molecule has 0 saturated carbocycles. The van der Waals surface area contributed by atoms with Crippen LogP contribution in [-0.4, -0.2) is 33.5 Å². The van der Waals surface area contributed by atoms with E-state index in [-0.39, 0.29) is 17.9 Å². The summed E-state index contributed by atoms with van der Waals surface area (Å²) in [4.78, 5) is 31.4. The topological polar surface area (TPSA) is 100 Å². The third-order valence-electron chi connectivity index (χ3n) is 4.54. The molecule has 0 bridgehead atoms. The summed E-state index contributed by atoms with van der Waals surface area (Å²) in [5, 5.41) is 9.17. The van der Waals surface area contributed by atoms with E-state index in [1.54, 1.807) is 6.92 Å². The number of hydrogen-bond acceptors (Lipinski definition) is 6. The van der Waals surface area contributed by atoms with Crippen LogP contribution in [-0.2, 0) is 19.1 Å². The number of alkyl halides is 3. The van der Waals surface area contributed by atoms with Crippen molar-refractivity contribution in [2.45, 2.75) is 26.1 Å². The maximum absolute atomic E-state index is 12.9. The zero-order valence-electron chi connectivity index (χ0n) is 16.1. The molecular formula is C19H16F3N5O3S. The van der Waals surface area contributed by atoms with Gasteiger partial charge in [-0.2, -0.15) is 13.2 Å². The molecule has 0 unspecified atom stereocenters. The fourth-order valence-corrected chi connectivity index (χ4v) is 4.05. The minimum atomic E-state index is -4.49. The van der Waals surface area contributed by atoms with E-state index in [0.717, 1.165) is 22.7 Å².